The number of fused-ring (bicyclic) bond motifs is 1. The van der Waals surface area contributed by atoms with Crippen LogP contribution >= 0.6 is 11.8 Å². The average molecular weight is 380 g/mol. The molecule has 2 atom stereocenters. The molecule has 0 spiro atoms. The van der Waals surface area contributed by atoms with Crippen LogP contribution in [0.2, 0.25) is 0 Å². The number of hydrogen-bond donors (Lipinski definition) is 0. The molecule has 0 saturated carbocycles. The van der Waals surface area contributed by atoms with E-state index in [1.165, 1.54) is 18.1 Å². The normalized spacial score (nSPS) is 20.5. The molecule has 134 valence electrons. The van der Waals surface area contributed by atoms with E-state index in [1.54, 1.807) is 4.90 Å². The Kier molecular flexibility index (Phi) is 5.29. The minimum atomic E-state index is -3.02. The first kappa shape index (κ1) is 18.1. The molecule has 0 N–H and O–H groups in total. The summed E-state index contributed by atoms with van der Waals surface area (Å²) in [6.45, 7) is 4.24. The topological polar surface area (TPSA) is 80.2 Å². The van der Waals surface area contributed by atoms with Crippen LogP contribution in [0, 0.1) is 0 Å². The highest BCUT2D eigenvalue weighted by atomic mass is 32.2. The van der Waals surface area contributed by atoms with E-state index < -0.39 is 9.84 Å². The van der Waals surface area contributed by atoms with Crippen LogP contribution in [0.15, 0.2) is 35.6 Å². The van der Waals surface area contributed by atoms with Crippen LogP contribution in [-0.4, -0.2) is 58.5 Å². The molecule has 2 heterocycles. The van der Waals surface area contributed by atoms with E-state index in [4.69, 9.17) is 0 Å². The number of sulfone groups is 1. The lowest BCUT2D eigenvalue weighted by atomic mass is 10.2. The number of thioether (sulfide) groups is 1. The molecule has 0 radical (unpaired) electrons. The van der Waals surface area contributed by atoms with Crippen molar-refractivity contribution in [2.24, 2.45) is 0 Å². The van der Waals surface area contributed by atoms with Gasteiger partial charge < -0.3 is 4.90 Å². The van der Waals surface area contributed by atoms with Crippen molar-refractivity contribution in [3.63, 3.8) is 0 Å². The zero-order chi connectivity index (χ0) is 18.0. The Hall–Kier alpha value is -1.67. The van der Waals surface area contributed by atoms with Gasteiger partial charge in [-0.3, -0.25) is 4.79 Å². The van der Waals surface area contributed by atoms with Crippen molar-refractivity contribution < 1.29 is 13.2 Å². The molecular weight excluding hydrogens is 358 g/mol. The van der Waals surface area contributed by atoms with Gasteiger partial charge in [0.25, 0.3) is 0 Å². The SMILES string of the molecule is CCN(C(=O)[C@H](C)Sc1ncnc2ccccc12)[C@H]1CCS(=O)(=O)C1. The van der Waals surface area contributed by atoms with Crippen molar-refractivity contribution in [2.45, 2.75) is 36.6 Å². The van der Waals surface area contributed by atoms with Gasteiger partial charge >= 0.3 is 0 Å². The number of aromatic nitrogens is 2. The maximum absolute atomic E-state index is 12.9. The zero-order valence-corrected chi connectivity index (χ0v) is 15.9. The number of hydrogen-bond acceptors (Lipinski definition) is 6. The molecule has 1 aliphatic rings. The fourth-order valence-corrected chi connectivity index (χ4v) is 5.85. The molecule has 1 fully saturated rings. The van der Waals surface area contributed by atoms with Crippen molar-refractivity contribution in [1.82, 2.24) is 14.9 Å². The summed E-state index contributed by atoms with van der Waals surface area (Å²) in [7, 11) is -3.02. The number of carbonyl (C=O) groups excluding carboxylic acids is 1. The van der Waals surface area contributed by atoms with Crippen LogP contribution in [0.5, 0.6) is 0 Å². The number of para-hydroxylation sites is 1. The van der Waals surface area contributed by atoms with Crippen LogP contribution in [0.4, 0.5) is 0 Å². The van der Waals surface area contributed by atoms with Crippen molar-refractivity contribution in [1.29, 1.82) is 0 Å². The fourth-order valence-electron chi connectivity index (χ4n) is 3.14. The monoisotopic (exact) mass is 379 g/mol. The third-order valence-electron chi connectivity index (χ3n) is 4.42. The third-order valence-corrected chi connectivity index (χ3v) is 7.27. The van der Waals surface area contributed by atoms with Gasteiger partial charge in [-0.05, 0) is 26.3 Å². The highest BCUT2D eigenvalue weighted by Crippen LogP contribution is 2.29. The summed E-state index contributed by atoms with van der Waals surface area (Å²) in [6, 6.07) is 7.47. The van der Waals surface area contributed by atoms with Crippen molar-refractivity contribution in [3.8, 4) is 0 Å². The van der Waals surface area contributed by atoms with E-state index in [-0.39, 0.29) is 28.7 Å². The molecule has 1 aliphatic heterocycles. The van der Waals surface area contributed by atoms with Crippen LogP contribution in [-0.2, 0) is 14.6 Å². The maximum Gasteiger partial charge on any atom is 0.236 e. The maximum atomic E-state index is 12.9. The quantitative estimate of drug-likeness (QED) is 0.585. The number of benzene rings is 1. The van der Waals surface area contributed by atoms with E-state index in [0.717, 1.165) is 15.9 Å². The first-order valence-corrected chi connectivity index (χ1v) is 11.0. The molecule has 1 aromatic heterocycles. The largest absolute Gasteiger partial charge is 0.338 e. The Balaban J connectivity index is 1.77. The van der Waals surface area contributed by atoms with E-state index >= 15 is 0 Å². The van der Waals surface area contributed by atoms with Crippen LogP contribution in [0.3, 0.4) is 0 Å². The predicted molar refractivity (Wildman–Crippen MR) is 99.3 cm³/mol. The first-order valence-electron chi connectivity index (χ1n) is 8.28. The van der Waals surface area contributed by atoms with Gasteiger partial charge in [-0.15, -0.1) is 0 Å². The molecule has 0 unspecified atom stereocenters. The molecule has 1 amide bonds. The number of nitrogens with zero attached hydrogens (tertiary/aromatic N) is 3. The van der Waals surface area contributed by atoms with Gasteiger partial charge in [0.1, 0.15) is 11.4 Å². The average Bonchev–Trinajstić information content (AvgIpc) is 2.95. The Morgan fingerprint density at radius 2 is 2.12 bits per heavy atom. The van der Waals surface area contributed by atoms with E-state index in [0.29, 0.717) is 13.0 Å². The molecule has 3 rings (SSSR count). The second-order valence-corrected chi connectivity index (χ2v) is 9.70. The Morgan fingerprint density at radius 1 is 1.36 bits per heavy atom. The Labute approximate surface area is 152 Å². The summed E-state index contributed by atoms with van der Waals surface area (Å²) in [5.41, 5.74) is 0.842. The Bertz CT molecular complexity index is 880. The van der Waals surface area contributed by atoms with Crippen molar-refractivity contribution in [3.05, 3.63) is 30.6 Å². The minimum Gasteiger partial charge on any atom is -0.338 e. The van der Waals surface area contributed by atoms with Gasteiger partial charge in [0, 0.05) is 18.0 Å². The van der Waals surface area contributed by atoms with Crippen LogP contribution in [0.1, 0.15) is 20.3 Å². The van der Waals surface area contributed by atoms with Crippen molar-refractivity contribution in [2.75, 3.05) is 18.1 Å². The first-order chi connectivity index (χ1) is 11.9. The van der Waals surface area contributed by atoms with Gasteiger partial charge in [-0.1, -0.05) is 30.0 Å². The predicted octanol–water partition coefficient (Wildman–Crippen LogP) is 2.15. The number of amides is 1. The standard InChI is InChI=1S/C17H21N3O3S2/c1-3-20(13-8-9-25(22,23)10-13)17(21)12(2)24-16-14-6-4-5-7-15(14)18-11-19-16/h4-7,11-13H,3,8-10H2,1-2H3/t12-,13-/m0/s1. The molecule has 1 saturated heterocycles. The van der Waals surface area contributed by atoms with Gasteiger partial charge in [0.2, 0.25) is 5.91 Å². The smallest absolute Gasteiger partial charge is 0.236 e. The van der Waals surface area contributed by atoms with Gasteiger partial charge in [-0.2, -0.15) is 0 Å². The minimum absolute atomic E-state index is 0.0442. The molecule has 8 heteroatoms. The molecule has 2 aromatic rings. The second kappa shape index (κ2) is 7.29. The van der Waals surface area contributed by atoms with E-state index in [1.807, 2.05) is 38.1 Å². The Morgan fingerprint density at radius 3 is 2.80 bits per heavy atom. The lowest BCUT2D eigenvalue weighted by molar-refractivity contribution is -0.131. The fraction of sp³-hybridized carbons (Fsp3) is 0.471. The summed E-state index contributed by atoms with van der Waals surface area (Å²) in [5.74, 6) is 0.192. The van der Waals surface area contributed by atoms with Gasteiger partial charge in [-0.25, -0.2) is 18.4 Å². The summed E-state index contributed by atoms with van der Waals surface area (Å²) in [4.78, 5) is 23.1. The third kappa shape index (κ3) is 3.95. The summed E-state index contributed by atoms with van der Waals surface area (Å²) < 4.78 is 23.5. The van der Waals surface area contributed by atoms with E-state index in [2.05, 4.69) is 9.97 Å². The molecule has 0 aliphatic carbocycles. The highest BCUT2D eigenvalue weighted by Gasteiger charge is 2.35. The second-order valence-electron chi connectivity index (χ2n) is 6.14. The summed E-state index contributed by atoms with van der Waals surface area (Å²) >= 11 is 1.39. The number of carbonyl (C=O) groups is 1. The van der Waals surface area contributed by atoms with Crippen molar-refractivity contribution >= 4 is 38.4 Å². The lowest BCUT2D eigenvalue weighted by Gasteiger charge is -2.29. The van der Waals surface area contributed by atoms with Gasteiger partial charge in [0.15, 0.2) is 9.84 Å². The van der Waals surface area contributed by atoms with Crippen LogP contribution < -0.4 is 0 Å². The number of rotatable bonds is 5. The highest BCUT2D eigenvalue weighted by molar-refractivity contribution is 8.00. The molecule has 6 nitrogen and oxygen atoms in total. The molecule has 1 aromatic carbocycles. The van der Waals surface area contributed by atoms with Crippen LogP contribution in [0.25, 0.3) is 10.9 Å². The molecule has 25 heavy (non-hydrogen) atoms. The summed E-state index contributed by atoms with van der Waals surface area (Å²) in [5, 5.41) is 1.34. The zero-order valence-electron chi connectivity index (χ0n) is 14.3. The van der Waals surface area contributed by atoms with Gasteiger partial charge in [0.05, 0.1) is 22.3 Å². The lowest BCUT2D eigenvalue weighted by Crippen LogP contribution is -2.44. The van der Waals surface area contributed by atoms with E-state index in [9.17, 15) is 13.2 Å². The summed E-state index contributed by atoms with van der Waals surface area (Å²) in [6.07, 6.45) is 2.03. The molecule has 0 bridgehead atoms. The molecular formula is C17H21N3O3S2.